The van der Waals surface area contributed by atoms with Crippen molar-refractivity contribution in [3.05, 3.63) is 58.5 Å². The summed E-state index contributed by atoms with van der Waals surface area (Å²) in [6.45, 7) is 1.75. The number of nitrogens with zero attached hydrogens (tertiary/aromatic N) is 3. The van der Waals surface area contributed by atoms with Gasteiger partial charge in [-0.3, -0.25) is 4.79 Å². The molecule has 0 atom stereocenters. The minimum absolute atomic E-state index is 0.233. The van der Waals surface area contributed by atoms with E-state index in [1.165, 1.54) is 0 Å². The van der Waals surface area contributed by atoms with Gasteiger partial charge in [-0.05, 0) is 59.3 Å². The van der Waals surface area contributed by atoms with E-state index >= 15 is 0 Å². The van der Waals surface area contributed by atoms with Crippen LogP contribution in [0.4, 0.5) is 5.82 Å². The zero-order chi connectivity index (χ0) is 15.5. The van der Waals surface area contributed by atoms with Gasteiger partial charge in [0.25, 0.3) is 11.8 Å². The Kier molecular flexibility index (Phi) is 3.97. The van der Waals surface area contributed by atoms with Crippen LogP contribution in [0.25, 0.3) is 11.5 Å². The largest absolute Gasteiger partial charge is 0.334 e. The lowest BCUT2D eigenvalue weighted by molar-refractivity contribution is 0.102. The quantitative estimate of drug-likeness (QED) is 0.775. The molecular formula is C15H11BrN4O2. The summed E-state index contributed by atoms with van der Waals surface area (Å²) in [6, 6.07) is 10.4. The van der Waals surface area contributed by atoms with Crippen molar-refractivity contribution < 1.29 is 9.32 Å². The number of benzene rings is 1. The topological polar surface area (TPSA) is 80.9 Å². The van der Waals surface area contributed by atoms with Gasteiger partial charge in [-0.15, -0.1) is 0 Å². The van der Waals surface area contributed by atoms with Gasteiger partial charge in [-0.25, -0.2) is 4.98 Å². The van der Waals surface area contributed by atoms with Gasteiger partial charge in [0.1, 0.15) is 5.82 Å². The molecule has 2 aromatic heterocycles. The molecule has 110 valence electrons. The molecule has 0 unspecified atom stereocenters. The zero-order valence-electron chi connectivity index (χ0n) is 11.6. The van der Waals surface area contributed by atoms with E-state index in [1.807, 2.05) is 6.07 Å². The number of aromatic nitrogens is 3. The van der Waals surface area contributed by atoms with Crippen molar-refractivity contribution in [3.8, 4) is 11.5 Å². The molecule has 0 aliphatic rings. The van der Waals surface area contributed by atoms with Gasteiger partial charge in [0.2, 0.25) is 0 Å². The molecule has 0 fully saturated rings. The second kappa shape index (κ2) is 6.07. The van der Waals surface area contributed by atoms with E-state index in [-0.39, 0.29) is 5.91 Å². The van der Waals surface area contributed by atoms with Gasteiger partial charge in [0.15, 0.2) is 5.82 Å². The molecule has 0 spiro atoms. The van der Waals surface area contributed by atoms with Crippen LogP contribution in [0, 0.1) is 6.92 Å². The second-order valence-electron chi connectivity index (χ2n) is 4.54. The van der Waals surface area contributed by atoms with Crippen molar-refractivity contribution in [2.45, 2.75) is 6.92 Å². The lowest BCUT2D eigenvalue weighted by atomic mass is 10.1. The SMILES string of the molecule is Cc1noc(-c2ccc(C(=O)Nc3ccc(Br)cn3)cc2)n1. The zero-order valence-corrected chi connectivity index (χ0v) is 13.2. The molecule has 1 aromatic carbocycles. The van der Waals surface area contributed by atoms with Crippen LogP contribution >= 0.6 is 15.9 Å². The maximum atomic E-state index is 12.1. The van der Waals surface area contributed by atoms with Crippen LogP contribution in [0.3, 0.4) is 0 Å². The summed E-state index contributed by atoms with van der Waals surface area (Å²) in [7, 11) is 0. The molecule has 1 amide bonds. The van der Waals surface area contributed by atoms with Crippen molar-refractivity contribution >= 4 is 27.7 Å². The van der Waals surface area contributed by atoms with Gasteiger partial charge in [0, 0.05) is 21.8 Å². The Hall–Kier alpha value is -2.54. The Morgan fingerprint density at radius 2 is 1.95 bits per heavy atom. The Bertz CT molecular complexity index is 797. The van der Waals surface area contributed by atoms with E-state index in [4.69, 9.17) is 4.52 Å². The molecule has 0 saturated heterocycles. The number of pyridine rings is 1. The Morgan fingerprint density at radius 1 is 1.18 bits per heavy atom. The lowest BCUT2D eigenvalue weighted by Crippen LogP contribution is -2.12. The molecule has 2 heterocycles. The molecule has 22 heavy (non-hydrogen) atoms. The number of carbonyl (C=O) groups excluding carboxylic acids is 1. The van der Waals surface area contributed by atoms with E-state index in [0.717, 1.165) is 10.0 Å². The Balaban J connectivity index is 1.74. The van der Waals surface area contributed by atoms with Gasteiger partial charge in [-0.1, -0.05) is 5.16 Å². The van der Waals surface area contributed by atoms with Crippen molar-refractivity contribution in [1.29, 1.82) is 0 Å². The number of carbonyl (C=O) groups is 1. The highest BCUT2D eigenvalue weighted by Gasteiger charge is 2.10. The van der Waals surface area contributed by atoms with Crippen LogP contribution in [-0.2, 0) is 0 Å². The number of hydrogen-bond acceptors (Lipinski definition) is 5. The predicted molar refractivity (Wildman–Crippen MR) is 84.4 cm³/mol. The van der Waals surface area contributed by atoms with Gasteiger partial charge < -0.3 is 9.84 Å². The van der Waals surface area contributed by atoms with Crippen molar-refractivity contribution in [3.63, 3.8) is 0 Å². The number of hydrogen-bond donors (Lipinski definition) is 1. The summed E-state index contributed by atoms with van der Waals surface area (Å²) in [5, 5.41) is 6.46. The van der Waals surface area contributed by atoms with Gasteiger partial charge >= 0.3 is 0 Å². The standard InChI is InChI=1S/C15H11BrN4O2/c1-9-18-15(22-20-9)11-4-2-10(3-5-11)14(21)19-13-7-6-12(16)8-17-13/h2-8H,1H3,(H,17,19,21). The van der Waals surface area contributed by atoms with E-state index in [0.29, 0.717) is 23.1 Å². The smallest absolute Gasteiger partial charge is 0.257 e. The first-order valence-electron chi connectivity index (χ1n) is 6.45. The Morgan fingerprint density at radius 3 is 2.55 bits per heavy atom. The van der Waals surface area contributed by atoms with E-state index < -0.39 is 0 Å². The first-order valence-corrected chi connectivity index (χ1v) is 7.25. The molecule has 0 saturated carbocycles. The van der Waals surface area contributed by atoms with Crippen molar-refractivity contribution in [2.75, 3.05) is 5.32 Å². The average Bonchev–Trinajstić information content (AvgIpc) is 2.96. The summed E-state index contributed by atoms with van der Waals surface area (Å²) in [5.74, 6) is 1.25. The molecular weight excluding hydrogens is 348 g/mol. The van der Waals surface area contributed by atoms with E-state index in [2.05, 4.69) is 36.4 Å². The minimum atomic E-state index is -0.233. The maximum Gasteiger partial charge on any atom is 0.257 e. The van der Waals surface area contributed by atoms with Crippen molar-refractivity contribution in [2.24, 2.45) is 0 Å². The third kappa shape index (κ3) is 3.20. The monoisotopic (exact) mass is 358 g/mol. The molecule has 0 aliphatic heterocycles. The number of anilines is 1. The first kappa shape index (κ1) is 14.4. The predicted octanol–water partition coefficient (Wildman–Crippen LogP) is 3.45. The number of amides is 1. The molecule has 0 aliphatic carbocycles. The number of nitrogens with one attached hydrogen (secondary N) is 1. The summed E-state index contributed by atoms with van der Waals surface area (Å²) in [4.78, 5) is 20.4. The van der Waals surface area contributed by atoms with E-state index in [1.54, 1.807) is 43.5 Å². The molecule has 0 radical (unpaired) electrons. The summed E-state index contributed by atoms with van der Waals surface area (Å²) < 4.78 is 5.93. The average molecular weight is 359 g/mol. The van der Waals surface area contributed by atoms with E-state index in [9.17, 15) is 4.79 Å². The van der Waals surface area contributed by atoms with Crippen molar-refractivity contribution in [1.82, 2.24) is 15.1 Å². The molecule has 3 rings (SSSR count). The highest BCUT2D eigenvalue weighted by Crippen LogP contribution is 2.18. The maximum absolute atomic E-state index is 12.1. The summed E-state index contributed by atoms with van der Waals surface area (Å²) in [6.07, 6.45) is 1.62. The third-order valence-electron chi connectivity index (χ3n) is 2.89. The Labute approximate surface area is 134 Å². The fourth-order valence-corrected chi connectivity index (χ4v) is 2.05. The number of halogens is 1. The number of rotatable bonds is 3. The van der Waals surface area contributed by atoms with Crippen LogP contribution in [0.1, 0.15) is 16.2 Å². The number of aryl methyl sites for hydroxylation is 1. The normalized spacial score (nSPS) is 10.5. The van der Waals surface area contributed by atoms with Crippen LogP contribution < -0.4 is 5.32 Å². The highest BCUT2D eigenvalue weighted by molar-refractivity contribution is 9.10. The van der Waals surface area contributed by atoms with Crippen LogP contribution in [-0.4, -0.2) is 21.0 Å². The molecule has 6 nitrogen and oxygen atoms in total. The molecule has 0 bridgehead atoms. The highest BCUT2D eigenvalue weighted by atomic mass is 79.9. The molecule has 3 aromatic rings. The minimum Gasteiger partial charge on any atom is -0.334 e. The van der Waals surface area contributed by atoms with Crippen LogP contribution in [0.2, 0.25) is 0 Å². The molecule has 7 heteroatoms. The first-order chi connectivity index (χ1) is 10.6. The van der Waals surface area contributed by atoms with Crippen LogP contribution in [0.5, 0.6) is 0 Å². The summed E-state index contributed by atoms with van der Waals surface area (Å²) >= 11 is 3.29. The lowest BCUT2D eigenvalue weighted by Gasteiger charge is -2.04. The second-order valence-corrected chi connectivity index (χ2v) is 5.46. The summed E-state index contributed by atoms with van der Waals surface area (Å²) in [5.41, 5.74) is 1.28. The fraction of sp³-hybridized carbons (Fsp3) is 0.0667. The van der Waals surface area contributed by atoms with Crippen LogP contribution in [0.15, 0.2) is 51.6 Å². The van der Waals surface area contributed by atoms with Gasteiger partial charge in [0.05, 0.1) is 0 Å². The fourth-order valence-electron chi connectivity index (χ4n) is 1.82. The van der Waals surface area contributed by atoms with Gasteiger partial charge in [-0.2, -0.15) is 4.98 Å². The molecule has 1 N–H and O–H groups in total. The third-order valence-corrected chi connectivity index (χ3v) is 3.36.